The molecule has 0 spiro atoms. The Balaban J connectivity index is 1.32. The molecule has 2 fully saturated rings. The van der Waals surface area contributed by atoms with E-state index in [2.05, 4.69) is 15.0 Å². The number of carboxylic acids is 1. The summed E-state index contributed by atoms with van der Waals surface area (Å²) in [6.45, 7) is 3.10. The van der Waals surface area contributed by atoms with Crippen LogP contribution in [-0.4, -0.2) is 68.4 Å². The standard InChI is InChI=1S/C29H25FN6O4S/c1-33-7-9-34(10-8-33)23-14-22-19(13-21(23)30)25(37)20(15-35(22)18-5-6-18)26-31-29-36(32-26)27(38)24(41-29)12-16-3-2-4-17(11-16)28(39)40/h2-4,11-15,18H,5-10H2,1H3,(H,39,40)/b24-12-. The molecule has 2 aliphatic rings. The molecular weight excluding hydrogens is 547 g/mol. The predicted molar refractivity (Wildman–Crippen MR) is 154 cm³/mol. The van der Waals surface area contributed by atoms with E-state index in [1.54, 1.807) is 30.5 Å². The van der Waals surface area contributed by atoms with Crippen molar-refractivity contribution in [3.63, 3.8) is 0 Å². The highest BCUT2D eigenvalue weighted by Gasteiger charge is 2.28. The zero-order valence-electron chi connectivity index (χ0n) is 22.1. The highest BCUT2D eigenvalue weighted by Crippen LogP contribution is 2.39. The number of halogens is 1. The molecule has 10 nitrogen and oxygen atoms in total. The molecule has 208 valence electrons. The van der Waals surface area contributed by atoms with E-state index in [0.29, 0.717) is 39.4 Å². The first-order chi connectivity index (χ1) is 19.8. The second kappa shape index (κ2) is 9.60. The molecular formula is C29H25FN6O4S. The summed E-state index contributed by atoms with van der Waals surface area (Å²) in [5.74, 6) is -1.39. The van der Waals surface area contributed by atoms with Crippen molar-refractivity contribution in [1.29, 1.82) is 0 Å². The fraction of sp³-hybridized carbons (Fsp3) is 0.276. The number of likely N-dealkylation sites (N-methyl/N-ethyl adjacent to an activating group) is 1. The van der Waals surface area contributed by atoms with Crippen molar-refractivity contribution in [1.82, 2.24) is 24.1 Å². The molecule has 1 aliphatic carbocycles. The number of nitrogens with zero attached hydrogens (tertiary/aromatic N) is 6. The van der Waals surface area contributed by atoms with Crippen LogP contribution in [0.2, 0.25) is 0 Å². The molecule has 3 aromatic heterocycles. The Labute approximate surface area is 236 Å². The van der Waals surface area contributed by atoms with Crippen LogP contribution >= 0.6 is 11.3 Å². The van der Waals surface area contributed by atoms with Crippen molar-refractivity contribution >= 4 is 44.9 Å². The summed E-state index contributed by atoms with van der Waals surface area (Å²) in [6, 6.07) is 9.58. The van der Waals surface area contributed by atoms with Gasteiger partial charge in [0.05, 0.1) is 26.9 Å². The number of pyridine rings is 1. The number of piperazine rings is 1. The van der Waals surface area contributed by atoms with E-state index < -0.39 is 17.3 Å². The minimum Gasteiger partial charge on any atom is -0.478 e. The van der Waals surface area contributed by atoms with Gasteiger partial charge in [0.2, 0.25) is 10.4 Å². The predicted octanol–water partition coefficient (Wildman–Crippen LogP) is 2.60. The monoisotopic (exact) mass is 572 g/mol. The molecule has 5 aromatic rings. The summed E-state index contributed by atoms with van der Waals surface area (Å²) in [5, 5.41) is 13.9. The minimum atomic E-state index is -1.06. The van der Waals surface area contributed by atoms with Gasteiger partial charge < -0.3 is 19.5 Å². The van der Waals surface area contributed by atoms with E-state index in [-0.39, 0.29) is 33.8 Å². The van der Waals surface area contributed by atoms with Crippen LogP contribution in [0.15, 0.2) is 52.2 Å². The Morgan fingerprint density at radius 3 is 2.61 bits per heavy atom. The van der Waals surface area contributed by atoms with Crippen LogP contribution in [0.5, 0.6) is 0 Å². The van der Waals surface area contributed by atoms with Gasteiger partial charge in [-0.2, -0.15) is 9.50 Å². The summed E-state index contributed by atoms with van der Waals surface area (Å²) in [5.41, 5.74) is 1.27. The third-order valence-electron chi connectivity index (χ3n) is 7.74. The molecule has 1 N–H and O–H groups in total. The lowest BCUT2D eigenvalue weighted by Gasteiger charge is -2.34. The average molecular weight is 573 g/mol. The van der Waals surface area contributed by atoms with E-state index in [1.165, 1.54) is 18.2 Å². The maximum atomic E-state index is 15.4. The van der Waals surface area contributed by atoms with Crippen LogP contribution in [-0.2, 0) is 0 Å². The fourth-order valence-corrected chi connectivity index (χ4v) is 6.23. The SMILES string of the molecule is CN1CCN(c2cc3c(cc2F)c(=O)c(-c2nc4s/c(=C\c5cccc(C(=O)O)c5)c(=O)n4n2)cn3C2CC2)CC1. The lowest BCUT2D eigenvalue weighted by atomic mass is 10.1. The van der Waals surface area contributed by atoms with E-state index in [9.17, 15) is 19.5 Å². The second-order valence-corrected chi connectivity index (χ2v) is 11.6. The minimum absolute atomic E-state index is 0.109. The fourth-order valence-electron chi connectivity index (χ4n) is 5.32. The van der Waals surface area contributed by atoms with Gasteiger partial charge >= 0.3 is 5.97 Å². The van der Waals surface area contributed by atoms with Crippen LogP contribution in [0.25, 0.3) is 33.3 Å². The topological polar surface area (TPSA) is 113 Å². The van der Waals surface area contributed by atoms with Crippen LogP contribution in [0.1, 0.15) is 34.8 Å². The van der Waals surface area contributed by atoms with Crippen molar-refractivity contribution < 1.29 is 14.3 Å². The molecule has 41 heavy (non-hydrogen) atoms. The zero-order chi connectivity index (χ0) is 28.4. The number of hydrogen-bond acceptors (Lipinski definition) is 8. The largest absolute Gasteiger partial charge is 0.478 e. The number of anilines is 1. The molecule has 12 heteroatoms. The van der Waals surface area contributed by atoms with Crippen molar-refractivity contribution in [2.45, 2.75) is 18.9 Å². The van der Waals surface area contributed by atoms with Crippen LogP contribution in [0.4, 0.5) is 10.1 Å². The highest BCUT2D eigenvalue weighted by atomic mass is 32.1. The summed E-state index contributed by atoms with van der Waals surface area (Å²) >= 11 is 1.10. The highest BCUT2D eigenvalue weighted by molar-refractivity contribution is 7.15. The second-order valence-electron chi connectivity index (χ2n) is 10.6. The van der Waals surface area contributed by atoms with Gasteiger partial charge in [-0.15, -0.1) is 5.10 Å². The summed E-state index contributed by atoms with van der Waals surface area (Å²) < 4.78 is 18.9. The van der Waals surface area contributed by atoms with Gasteiger partial charge in [0.15, 0.2) is 5.82 Å². The maximum absolute atomic E-state index is 15.4. The first kappa shape index (κ1) is 25.5. The Bertz CT molecular complexity index is 2040. The lowest BCUT2D eigenvalue weighted by Crippen LogP contribution is -2.44. The molecule has 4 heterocycles. The average Bonchev–Trinajstić information content (AvgIpc) is 3.66. The van der Waals surface area contributed by atoms with Gasteiger partial charge in [0.1, 0.15) is 5.82 Å². The number of aromatic nitrogens is 4. The van der Waals surface area contributed by atoms with Crippen molar-refractivity contribution in [3.8, 4) is 11.4 Å². The van der Waals surface area contributed by atoms with Crippen molar-refractivity contribution in [2.75, 3.05) is 38.1 Å². The molecule has 0 atom stereocenters. The third-order valence-corrected chi connectivity index (χ3v) is 8.70. The van der Waals surface area contributed by atoms with Gasteiger partial charge in [0.25, 0.3) is 5.56 Å². The summed E-state index contributed by atoms with van der Waals surface area (Å²) in [4.78, 5) is 47.1. The first-order valence-corrected chi connectivity index (χ1v) is 14.2. The first-order valence-electron chi connectivity index (χ1n) is 13.3. The van der Waals surface area contributed by atoms with E-state index in [0.717, 1.165) is 41.8 Å². The quantitative estimate of drug-likeness (QED) is 0.342. The molecule has 0 bridgehead atoms. The van der Waals surface area contributed by atoms with Gasteiger partial charge in [-0.25, -0.2) is 9.18 Å². The molecule has 0 unspecified atom stereocenters. The molecule has 0 amide bonds. The Hall–Kier alpha value is -4.42. The zero-order valence-corrected chi connectivity index (χ0v) is 22.9. The van der Waals surface area contributed by atoms with E-state index in [1.807, 2.05) is 16.5 Å². The molecule has 1 saturated heterocycles. The number of fused-ring (bicyclic) bond motifs is 2. The molecule has 7 rings (SSSR count). The number of aromatic carboxylic acids is 1. The van der Waals surface area contributed by atoms with Crippen LogP contribution in [0, 0.1) is 5.82 Å². The van der Waals surface area contributed by atoms with Gasteiger partial charge in [-0.3, -0.25) is 9.59 Å². The van der Waals surface area contributed by atoms with Gasteiger partial charge in [-0.05, 0) is 55.8 Å². The number of carbonyl (C=O) groups is 1. The smallest absolute Gasteiger partial charge is 0.335 e. The lowest BCUT2D eigenvalue weighted by molar-refractivity contribution is 0.0697. The molecule has 2 aromatic carbocycles. The van der Waals surface area contributed by atoms with Crippen molar-refractivity contribution in [3.05, 3.63) is 84.6 Å². The Morgan fingerprint density at radius 2 is 1.90 bits per heavy atom. The van der Waals surface area contributed by atoms with Crippen LogP contribution < -0.4 is 20.4 Å². The number of rotatable bonds is 5. The van der Waals surface area contributed by atoms with Crippen molar-refractivity contribution in [2.24, 2.45) is 0 Å². The van der Waals surface area contributed by atoms with Gasteiger partial charge in [0, 0.05) is 43.8 Å². The number of thiazole rings is 1. The normalized spacial score (nSPS) is 16.7. The molecule has 1 saturated carbocycles. The molecule has 0 radical (unpaired) electrons. The number of carboxylic acid groups (broad SMARTS) is 1. The Morgan fingerprint density at radius 1 is 1.12 bits per heavy atom. The summed E-state index contributed by atoms with van der Waals surface area (Å²) in [7, 11) is 2.05. The summed E-state index contributed by atoms with van der Waals surface area (Å²) in [6.07, 6.45) is 5.24. The van der Waals surface area contributed by atoms with E-state index in [4.69, 9.17) is 0 Å². The number of hydrogen-bond donors (Lipinski definition) is 1. The third kappa shape index (κ3) is 4.49. The maximum Gasteiger partial charge on any atom is 0.335 e. The van der Waals surface area contributed by atoms with Gasteiger partial charge in [-0.1, -0.05) is 23.5 Å². The van der Waals surface area contributed by atoms with Crippen LogP contribution in [0.3, 0.4) is 0 Å². The molecule has 1 aliphatic heterocycles. The Kier molecular flexibility index (Phi) is 5.98. The van der Waals surface area contributed by atoms with E-state index >= 15 is 4.39 Å². The number of benzene rings is 2.